The van der Waals surface area contributed by atoms with Crippen LogP contribution in [-0.4, -0.2) is 56.6 Å². The first-order valence-electron chi connectivity index (χ1n) is 10.4. The van der Waals surface area contributed by atoms with Crippen molar-refractivity contribution in [2.24, 2.45) is 5.92 Å². The Morgan fingerprint density at radius 1 is 1.19 bits per heavy atom. The van der Waals surface area contributed by atoms with Gasteiger partial charge in [-0.15, -0.1) is 11.8 Å². The Kier molecular flexibility index (Phi) is 6.36. The standard InChI is InChI=1S/C22H29N3O5S/c1-6-11(2)15(17(26)23-12(3)21(29)30)24-18(27)16-22(4,5)31-20-14-10-8-7-9-13(14)19(28)25(16)20/h7-12,15-16,20H,6H2,1-5H3,(H,23,26)(H,24,27)(H,29,30). The second-order valence-corrected chi connectivity index (χ2v) is 10.5. The quantitative estimate of drug-likeness (QED) is 0.590. The van der Waals surface area contributed by atoms with Crippen molar-refractivity contribution in [1.29, 1.82) is 0 Å². The molecule has 0 aliphatic carbocycles. The smallest absolute Gasteiger partial charge is 0.325 e. The number of thioether (sulfide) groups is 1. The number of benzene rings is 1. The van der Waals surface area contributed by atoms with Gasteiger partial charge in [0.25, 0.3) is 5.91 Å². The van der Waals surface area contributed by atoms with Gasteiger partial charge in [0.05, 0.1) is 0 Å². The molecule has 2 heterocycles. The van der Waals surface area contributed by atoms with Crippen LogP contribution in [0.15, 0.2) is 24.3 Å². The van der Waals surface area contributed by atoms with Gasteiger partial charge in [0.1, 0.15) is 23.5 Å². The van der Waals surface area contributed by atoms with Gasteiger partial charge in [0.2, 0.25) is 11.8 Å². The van der Waals surface area contributed by atoms with E-state index in [0.29, 0.717) is 12.0 Å². The number of fused-ring (bicyclic) bond motifs is 3. The van der Waals surface area contributed by atoms with Crippen molar-refractivity contribution >= 4 is 35.5 Å². The van der Waals surface area contributed by atoms with Crippen LogP contribution < -0.4 is 10.6 Å². The van der Waals surface area contributed by atoms with E-state index in [2.05, 4.69) is 10.6 Å². The third-order valence-electron chi connectivity index (χ3n) is 6.07. The zero-order valence-corrected chi connectivity index (χ0v) is 19.2. The highest BCUT2D eigenvalue weighted by Crippen LogP contribution is 2.56. The minimum atomic E-state index is -1.15. The second kappa shape index (κ2) is 8.53. The summed E-state index contributed by atoms with van der Waals surface area (Å²) in [6, 6.07) is 4.61. The Morgan fingerprint density at radius 2 is 1.84 bits per heavy atom. The lowest BCUT2D eigenvalue weighted by molar-refractivity contribution is -0.142. The molecule has 2 aliphatic heterocycles. The maximum Gasteiger partial charge on any atom is 0.325 e. The van der Waals surface area contributed by atoms with E-state index in [1.54, 1.807) is 28.8 Å². The molecule has 8 nitrogen and oxygen atoms in total. The number of aliphatic carboxylic acids is 1. The van der Waals surface area contributed by atoms with Crippen molar-refractivity contribution in [2.45, 2.75) is 69.3 Å². The van der Waals surface area contributed by atoms with Gasteiger partial charge in [-0.3, -0.25) is 19.2 Å². The Hall–Kier alpha value is -2.55. The molecular formula is C22H29N3O5S. The zero-order valence-electron chi connectivity index (χ0n) is 18.3. The van der Waals surface area contributed by atoms with Gasteiger partial charge in [0.15, 0.2) is 0 Å². The van der Waals surface area contributed by atoms with Gasteiger partial charge < -0.3 is 20.6 Å². The number of hydrogen-bond acceptors (Lipinski definition) is 5. The second-order valence-electron chi connectivity index (χ2n) is 8.72. The van der Waals surface area contributed by atoms with Crippen molar-refractivity contribution in [3.8, 4) is 0 Å². The first-order valence-corrected chi connectivity index (χ1v) is 11.3. The van der Waals surface area contributed by atoms with Gasteiger partial charge >= 0.3 is 5.97 Å². The predicted molar refractivity (Wildman–Crippen MR) is 117 cm³/mol. The van der Waals surface area contributed by atoms with Crippen LogP contribution in [0.5, 0.6) is 0 Å². The summed E-state index contributed by atoms with van der Waals surface area (Å²) in [7, 11) is 0. The first kappa shape index (κ1) is 23.1. The highest BCUT2D eigenvalue weighted by Gasteiger charge is 2.57. The number of hydrogen-bond donors (Lipinski definition) is 3. The highest BCUT2D eigenvalue weighted by molar-refractivity contribution is 8.01. The molecule has 168 valence electrons. The van der Waals surface area contributed by atoms with Crippen LogP contribution in [0.2, 0.25) is 0 Å². The topological polar surface area (TPSA) is 116 Å². The van der Waals surface area contributed by atoms with Gasteiger partial charge in [-0.1, -0.05) is 38.5 Å². The molecule has 2 aliphatic rings. The van der Waals surface area contributed by atoms with E-state index in [1.165, 1.54) is 6.92 Å². The Bertz CT molecular complexity index is 918. The number of nitrogens with zero attached hydrogens (tertiary/aromatic N) is 1. The fourth-order valence-corrected chi connectivity index (χ4v) is 5.69. The molecule has 5 atom stereocenters. The van der Waals surface area contributed by atoms with Crippen molar-refractivity contribution in [3.63, 3.8) is 0 Å². The van der Waals surface area contributed by atoms with E-state index in [1.807, 2.05) is 39.8 Å². The van der Waals surface area contributed by atoms with Gasteiger partial charge in [0, 0.05) is 10.3 Å². The number of nitrogens with one attached hydrogen (secondary N) is 2. The Labute approximate surface area is 186 Å². The van der Waals surface area contributed by atoms with Crippen molar-refractivity contribution in [1.82, 2.24) is 15.5 Å². The minimum Gasteiger partial charge on any atom is -0.480 e. The molecule has 0 radical (unpaired) electrons. The van der Waals surface area contributed by atoms with Gasteiger partial charge in [-0.2, -0.15) is 0 Å². The number of rotatable bonds is 7. The molecule has 1 aromatic rings. The molecule has 3 N–H and O–H groups in total. The van der Waals surface area contributed by atoms with Crippen LogP contribution in [0, 0.1) is 5.92 Å². The summed E-state index contributed by atoms with van der Waals surface area (Å²) in [5.74, 6) is -2.52. The first-order chi connectivity index (χ1) is 14.5. The van der Waals surface area contributed by atoms with Crippen LogP contribution in [0.1, 0.15) is 62.3 Å². The number of carboxylic acids is 1. The van der Waals surface area contributed by atoms with Crippen molar-refractivity contribution < 1.29 is 24.3 Å². The lowest BCUT2D eigenvalue weighted by Crippen LogP contribution is -2.59. The molecular weight excluding hydrogens is 418 g/mol. The van der Waals surface area contributed by atoms with Crippen LogP contribution in [0.3, 0.4) is 0 Å². The molecule has 0 saturated carbocycles. The summed E-state index contributed by atoms with van der Waals surface area (Å²) in [6.07, 6.45) is 0.610. The highest BCUT2D eigenvalue weighted by atomic mass is 32.2. The molecule has 0 spiro atoms. The summed E-state index contributed by atoms with van der Waals surface area (Å²) in [6.45, 7) is 8.92. The Morgan fingerprint density at radius 3 is 2.45 bits per heavy atom. The van der Waals surface area contributed by atoms with E-state index in [0.717, 1.165) is 5.56 Å². The minimum absolute atomic E-state index is 0.192. The molecule has 3 amide bonds. The van der Waals surface area contributed by atoms with Gasteiger partial charge in [-0.25, -0.2) is 0 Å². The van der Waals surface area contributed by atoms with E-state index in [4.69, 9.17) is 5.11 Å². The number of amides is 3. The number of carbonyl (C=O) groups excluding carboxylic acids is 3. The number of carboxylic acid groups (broad SMARTS) is 1. The molecule has 5 unspecified atom stereocenters. The third kappa shape index (κ3) is 4.15. The molecule has 1 saturated heterocycles. The molecule has 3 rings (SSSR count). The normalized spacial score (nSPS) is 24.0. The van der Waals surface area contributed by atoms with Crippen molar-refractivity contribution in [2.75, 3.05) is 0 Å². The summed E-state index contributed by atoms with van der Waals surface area (Å²) in [5, 5.41) is 14.1. The van der Waals surface area contributed by atoms with E-state index >= 15 is 0 Å². The van der Waals surface area contributed by atoms with Crippen LogP contribution in [0.25, 0.3) is 0 Å². The average molecular weight is 448 g/mol. The third-order valence-corrected chi connectivity index (χ3v) is 7.60. The van der Waals surface area contributed by atoms with E-state index in [-0.39, 0.29) is 17.2 Å². The lowest BCUT2D eigenvalue weighted by atomic mass is 9.95. The summed E-state index contributed by atoms with van der Waals surface area (Å²) in [4.78, 5) is 52.0. The summed E-state index contributed by atoms with van der Waals surface area (Å²) < 4.78 is -0.567. The maximum atomic E-state index is 13.4. The summed E-state index contributed by atoms with van der Waals surface area (Å²) in [5.41, 5.74) is 1.49. The van der Waals surface area contributed by atoms with Gasteiger partial charge in [-0.05, 0) is 38.3 Å². The number of carbonyl (C=O) groups is 4. The van der Waals surface area contributed by atoms with Crippen molar-refractivity contribution in [3.05, 3.63) is 35.4 Å². The van der Waals surface area contributed by atoms with Crippen LogP contribution in [0.4, 0.5) is 0 Å². The molecule has 0 bridgehead atoms. The Balaban J connectivity index is 1.85. The van der Waals surface area contributed by atoms with E-state index < -0.39 is 40.7 Å². The zero-order chi connectivity index (χ0) is 23.1. The molecule has 31 heavy (non-hydrogen) atoms. The molecule has 9 heteroatoms. The molecule has 0 aromatic heterocycles. The molecule has 1 aromatic carbocycles. The fourth-order valence-electron chi connectivity index (χ4n) is 4.10. The predicted octanol–water partition coefficient (Wildman–Crippen LogP) is 2.16. The SMILES string of the molecule is CCC(C)C(NC(=O)C1N2C(=O)c3ccccc3C2SC1(C)C)C(=O)NC(C)C(=O)O. The maximum absolute atomic E-state index is 13.4. The monoisotopic (exact) mass is 447 g/mol. The van der Waals surface area contributed by atoms with Crippen LogP contribution in [-0.2, 0) is 14.4 Å². The lowest BCUT2D eigenvalue weighted by Gasteiger charge is -2.32. The molecule has 1 fully saturated rings. The fraction of sp³-hybridized carbons (Fsp3) is 0.545. The average Bonchev–Trinajstić information content (AvgIpc) is 3.14. The summed E-state index contributed by atoms with van der Waals surface area (Å²) >= 11 is 1.55. The largest absolute Gasteiger partial charge is 0.480 e. The van der Waals surface area contributed by atoms with E-state index in [9.17, 15) is 19.2 Å². The van der Waals surface area contributed by atoms with Crippen LogP contribution >= 0.6 is 11.8 Å².